The molecule has 0 aliphatic heterocycles. The van der Waals surface area contributed by atoms with Crippen molar-refractivity contribution in [1.29, 1.82) is 0 Å². The highest BCUT2D eigenvalue weighted by Gasteiger charge is 2.31. The van der Waals surface area contributed by atoms with E-state index in [1.807, 2.05) is 0 Å². The van der Waals surface area contributed by atoms with Crippen molar-refractivity contribution in [3.63, 3.8) is 0 Å². The molecule has 112 valence electrons. The predicted molar refractivity (Wildman–Crippen MR) is 76.4 cm³/mol. The van der Waals surface area contributed by atoms with Gasteiger partial charge in [0.1, 0.15) is 5.82 Å². The topological polar surface area (TPSA) is 49.4 Å². The van der Waals surface area contributed by atoms with Gasteiger partial charge in [-0.05, 0) is 37.6 Å². The third-order valence-electron chi connectivity index (χ3n) is 3.89. The molecule has 20 heavy (non-hydrogen) atoms. The maximum absolute atomic E-state index is 13.5. The van der Waals surface area contributed by atoms with Gasteiger partial charge in [0.25, 0.3) is 0 Å². The van der Waals surface area contributed by atoms with Crippen molar-refractivity contribution in [2.24, 2.45) is 0 Å². The van der Waals surface area contributed by atoms with Gasteiger partial charge in [0.05, 0.1) is 4.90 Å². The fourth-order valence-electron chi connectivity index (χ4n) is 2.72. The Labute approximate surface area is 120 Å². The summed E-state index contributed by atoms with van der Waals surface area (Å²) in [5.41, 5.74) is 0.596. The Hall–Kier alpha value is -0.980. The number of halogens is 1. The van der Waals surface area contributed by atoms with Crippen molar-refractivity contribution in [2.75, 3.05) is 14.1 Å². The smallest absolute Gasteiger partial charge is 0.243 e. The van der Waals surface area contributed by atoms with Gasteiger partial charge in [0.2, 0.25) is 10.0 Å². The molecule has 0 heterocycles. The van der Waals surface area contributed by atoms with Crippen molar-refractivity contribution in [3.05, 3.63) is 29.6 Å². The highest BCUT2D eigenvalue weighted by atomic mass is 32.2. The van der Waals surface area contributed by atoms with Gasteiger partial charge in [-0.1, -0.05) is 18.9 Å². The van der Waals surface area contributed by atoms with Crippen molar-refractivity contribution in [1.82, 2.24) is 9.62 Å². The van der Waals surface area contributed by atoms with Crippen molar-refractivity contribution < 1.29 is 12.8 Å². The largest absolute Gasteiger partial charge is 0.316 e. The molecule has 1 N–H and O–H groups in total. The van der Waals surface area contributed by atoms with Gasteiger partial charge in [0.15, 0.2) is 0 Å². The fourth-order valence-corrected chi connectivity index (χ4v) is 4.37. The lowest BCUT2D eigenvalue weighted by molar-refractivity contribution is 0.372. The molecule has 0 unspecified atom stereocenters. The van der Waals surface area contributed by atoms with Crippen LogP contribution < -0.4 is 5.32 Å². The van der Waals surface area contributed by atoms with E-state index in [9.17, 15) is 12.8 Å². The lowest BCUT2D eigenvalue weighted by Crippen LogP contribution is -2.36. The summed E-state index contributed by atoms with van der Waals surface area (Å²) in [7, 11) is -0.311. The molecule has 0 bridgehead atoms. The van der Waals surface area contributed by atoms with Gasteiger partial charge in [-0.3, -0.25) is 0 Å². The summed E-state index contributed by atoms with van der Waals surface area (Å²) in [4.78, 5) is 0.0706. The van der Waals surface area contributed by atoms with E-state index in [-0.39, 0.29) is 10.9 Å². The Morgan fingerprint density at radius 2 is 2.00 bits per heavy atom. The van der Waals surface area contributed by atoms with Crippen molar-refractivity contribution >= 4 is 10.0 Å². The minimum atomic E-state index is -3.64. The number of benzene rings is 1. The predicted octanol–water partition coefficient (Wildman–Crippen LogP) is 2.11. The van der Waals surface area contributed by atoms with Crippen LogP contribution in [0.25, 0.3) is 0 Å². The molecule has 1 saturated carbocycles. The Balaban J connectivity index is 2.39. The summed E-state index contributed by atoms with van der Waals surface area (Å²) in [6.45, 7) is 0.396. The van der Waals surface area contributed by atoms with E-state index in [0.717, 1.165) is 31.7 Å². The summed E-state index contributed by atoms with van der Waals surface area (Å²) in [5.74, 6) is -0.525. The Morgan fingerprint density at radius 1 is 1.35 bits per heavy atom. The molecule has 0 aromatic heterocycles. The van der Waals surface area contributed by atoms with E-state index in [1.165, 1.54) is 16.4 Å². The molecule has 0 spiro atoms. The lowest BCUT2D eigenvalue weighted by Gasteiger charge is -2.25. The zero-order chi connectivity index (χ0) is 14.8. The van der Waals surface area contributed by atoms with Gasteiger partial charge in [-0.25, -0.2) is 12.8 Å². The molecule has 4 nitrogen and oxygen atoms in total. The minimum absolute atomic E-state index is 0.0331. The van der Waals surface area contributed by atoms with Gasteiger partial charge in [-0.15, -0.1) is 0 Å². The van der Waals surface area contributed by atoms with E-state index in [0.29, 0.717) is 12.1 Å². The van der Waals surface area contributed by atoms with E-state index < -0.39 is 15.8 Å². The first-order chi connectivity index (χ1) is 9.46. The molecule has 1 aromatic rings. The van der Waals surface area contributed by atoms with E-state index in [4.69, 9.17) is 0 Å². The van der Waals surface area contributed by atoms with Gasteiger partial charge in [-0.2, -0.15) is 4.31 Å². The molecule has 1 aromatic carbocycles. The van der Waals surface area contributed by atoms with Gasteiger partial charge < -0.3 is 5.32 Å². The Morgan fingerprint density at radius 3 is 2.60 bits per heavy atom. The van der Waals surface area contributed by atoms with Crippen LogP contribution in [0, 0.1) is 5.82 Å². The highest BCUT2D eigenvalue weighted by molar-refractivity contribution is 7.89. The number of sulfonamides is 1. The first-order valence-corrected chi connectivity index (χ1v) is 8.32. The number of nitrogens with one attached hydrogen (secondary N) is 1. The second kappa shape index (κ2) is 6.20. The number of rotatable bonds is 5. The quantitative estimate of drug-likeness (QED) is 0.906. The standard InChI is InChI=1S/C14H21FN2O2S/c1-16-10-11-7-8-12(15)9-14(11)20(18,19)17(2)13-5-3-4-6-13/h7-9,13,16H,3-6,10H2,1-2H3. The second-order valence-corrected chi connectivity index (χ2v) is 7.21. The SMILES string of the molecule is CNCc1ccc(F)cc1S(=O)(=O)N(C)C1CCCC1. The first-order valence-electron chi connectivity index (χ1n) is 6.88. The molecular formula is C14H21FN2O2S. The molecule has 2 rings (SSSR count). The molecule has 0 atom stereocenters. The molecule has 1 aliphatic carbocycles. The van der Waals surface area contributed by atoms with Crippen LogP contribution in [0.5, 0.6) is 0 Å². The van der Waals surface area contributed by atoms with Crippen LogP contribution in [-0.2, 0) is 16.6 Å². The van der Waals surface area contributed by atoms with Crippen LogP contribution in [0.3, 0.4) is 0 Å². The molecule has 1 fully saturated rings. The fraction of sp³-hybridized carbons (Fsp3) is 0.571. The summed E-state index contributed by atoms with van der Waals surface area (Å²) in [6, 6.07) is 3.97. The summed E-state index contributed by atoms with van der Waals surface area (Å²) in [5, 5.41) is 2.92. The maximum atomic E-state index is 13.5. The summed E-state index contributed by atoms with van der Waals surface area (Å²) < 4.78 is 40.3. The van der Waals surface area contributed by atoms with Gasteiger partial charge >= 0.3 is 0 Å². The van der Waals surface area contributed by atoms with Crippen molar-refractivity contribution in [3.8, 4) is 0 Å². The minimum Gasteiger partial charge on any atom is -0.316 e. The zero-order valence-corrected chi connectivity index (χ0v) is 12.7. The maximum Gasteiger partial charge on any atom is 0.243 e. The molecule has 1 aliphatic rings. The highest BCUT2D eigenvalue weighted by Crippen LogP contribution is 2.29. The van der Waals surface area contributed by atoms with E-state index in [1.54, 1.807) is 14.1 Å². The molecule has 0 saturated heterocycles. The summed E-state index contributed by atoms with van der Waals surface area (Å²) in [6.07, 6.45) is 3.87. The third kappa shape index (κ3) is 3.02. The first kappa shape index (κ1) is 15.4. The normalized spacial score (nSPS) is 17.0. The van der Waals surface area contributed by atoms with Crippen LogP contribution in [0.4, 0.5) is 4.39 Å². The van der Waals surface area contributed by atoms with Crippen LogP contribution in [0.2, 0.25) is 0 Å². The molecule has 6 heteroatoms. The van der Waals surface area contributed by atoms with E-state index >= 15 is 0 Å². The van der Waals surface area contributed by atoms with Gasteiger partial charge in [0, 0.05) is 19.6 Å². The monoisotopic (exact) mass is 300 g/mol. The van der Waals surface area contributed by atoms with Crippen LogP contribution in [0.1, 0.15) is 31.2 Å². The second-order valence-electron chi connectivity index (χ2n) is 5.24. The third-order valence-corrected chi connectivity index (χ3v) is 5.88. The molecular weight excluding hydrogens is 279 g/mol. The van der Waals surface area contributed by atoms with Crippen molar-refractivity contribution in [2.45, 2.75) is 43.2 Å². The molecule has 0 radical (unpaired) electrons. The van der Waals surface area contributed by atoms with Crippen LogP contribution >= 0.6 is 0 Å². The average Bonchev–Trinajstić information content (AvgIpc) is 2.94. The Kier molecular flexibility index (Phi) is 4.78. The Bertz CT molecular complexity index is 569. The van der Waals surface area contributed by atoms with Crippen LogP contribution in [0.15, 0.2) is 23.1 Å². The van der Waals surface area contributed by atoms with Crippen LogP contribution in [-0.4, -0.2) is 32.9 Å². The number of hydrogen-bond acceptors (Lipinski definition) is 3. The zero-order valence-electron chi connectivity index (χ0n) is 11.9. The summed E-state index contributed by atoms with van der Waals surface area (Å²) >= 11 is 0. The molecule has 0 amide bonds. The lowest BCUT2D eigenvalue weighted by atomic mass is 10.2. The number of nitrogens with zero attached hydrogens (tertiary/aromatic N) is 1. The van der Waals surface area contributed by atoms with E-state index in [2.05, 4.69) is 5.32 Å². The number of hydrogen-bond donors (Lipinski definition) is 1. The average molecular weight is 300 g/mol.